The highest BCUT2D eigenvalue weighted by atomic mass is 32.2. The van der Waals surface area contributed by atoms with Gasteiger partial charge in [0, 0.05) is 43.7 Å². The van der Waals surface area contributed by atoms with Gasteiger partial charge in [-0.05, 0) is 24.6 Å². The molecule has 0 saturated carbocycles. The molecule has 6 heteroatoms. The van der Waals surface area contributed by atoms with Gasteiger partial charge < -0.3 is 14.5 Å². The monoisotopic (exact) mass is 322 g/mol. The Morgan fingerprint density at radius 1 is 1.41 bits per heavy atom. The van der Waals surface area contributed by atoms with Crippen LogP contribution in [0.25, 0.3) is 0 Å². The third kappa shape index (κ3) is 4.16. The normalized spacial score (nSPS) is 17.4. The molecule has 0 bridgehead atoms. The van der Waals surface area contributed by atoms with Crippen molar-refractivity contribution in [2.75, 3.05) is 44.9 Å². The van der Waals surface area contributed by atoms with Crippen LogP contribution in [0.5, 0.6) is 0 Å². The standard InChI is InChI=1S/C16H22N2O3S/c1-17(2)13-6-4-5-12(9-13)16(20)18-8-7-14(10-18)22-11-15(19)21-3/h4-6,9,14H,7-8,10-11H2,1-3H3/t14-/m0/s1. The lowest BCUT2D eigenvalue weighted by atomic mass is 10.1. The summed E-state index contributed by atoms with van der Waals surface area (Å²) in [6, 6.07) is 7.65. The fraction of sp³-hybridized carbons (Fsp3) is 0.500. The average Bonchev–Trinajstić information content (AvgIpc) is 3.00. The van der Waals surface area contributed by atoms with Crippen molar-refractivity contribution < 1.29 is 14.3 Å². The van der Waals surface area contributed by atoms with Crippen LogP contribution in [-0.4, -0.2) is 62.1 Å². The molecular formula is C16H22N2O3S. The Morgan fingerprint density at radius 3 is 2.86 bits per heavy atom. The number of hydrogen-bond donors (Lipinski definition) is 0. The van der Waals surface area contributed by atoms with Crippen molar-refractivity contribution in [3.63, 3.8) is 0 Å². The van der Waals surface area contributed by atoms with E-state index in [1.54, 1.807) is 11.8 Å². The van der Waals surface area contributed by atoms with Gasteiger partial charge in [-0.1, -0.05) is 6.07 Å². The Kier molecular flexibility index (Phi) is 5.71. The van der Waals surface area contributed by atoms with Crippen molar-refractivity contribution in [2.24, 2.45) is 0 Å². The van der Waals surface area contributed by atoms with E-state index in [0.717, 1.165) is 18.7 Å². The molecule has 120 valence electrons. The minimum atomic E-state index is -0.214. The van der Waals surface area contributed by atoms with Crippen molar-refractivity contribution in [1.82, 2.24) is 4.90 Å². The first kappa shape index (κ1) is 16.7. The lowest BCUT2D eigenvalue weighted by Gasteiger charge is -2.18. The smallest absolute Gasteiger partial charge is 0.315 e. The number of nitrogens with zero attached hydrogens (tertiary/aromatic N) is 2. The zero-order chi connectivity index (χ0) is 16.1. The molecule has 0 radical (unpaired) electrons. The number of rotatable bonds is 5. The molecule has 1 aliphatic rings. The van der Waals surface area contributed by atoms with Gasteiger partial charge in [0.05, 0.1) is 12.9 Å². The van der Waals surface area contributed by atoms with Crippen LogP contribution in [0.1, 0.15) is 16.8 Å². The predicted octanol–water partition coefficient (Wildman–Crippen LogP) is 1.87. The molecule has 0 aromatic heterocycles. The second-order valence-electron chi connectivity index (χ2n) is 5.49. The second-order valence-corrected chi connectivity index (χ2v) is 6.78. The van der Waals surface area contributed by atoms with Crippen LogP contribution in [0.3, 0.4) is 0 Å². The number of esters is 1. The van der Waals surface area contributed by atoms with Gasteiger partial charge in [-0.25, -0.2) is 0 Å². The first-order valence-corrected chi connectivity index (χ1v) is 8.31. The molecule has 1 amide bonds. The molecule has 22 heavy (non-hydrogen) atoms. The molecule has 0 spiro atoms. The van der Waals surface area contributed by atoms with E-state index in [1.165, 1.54) is 7.11 Å². The number of benzene rings is 1. The summed E-state index contributed by atoms with van der Waals surface area (Å²) < 4.78 is 4.64. The number of hydrogen-bond acceptors (Lipinski definition) is 5. The van der Waals surface area contributed by atoms with Crippen LogP contribution in [0.4, 0.5) is 5.69 Å². The molecule has 1 heterocycles. The minimum Gasteiger partial charge on any atom is -0.468 e. The van der Waals surface area contributed by atoms with Crippen molar-refractivity contribution in [2.45, 2.75) is 11.7 Å². The van der Waals surface area contributed by atoms with Crippen molar-refractivity contribution in [3.8, 4) is 0 Å². The summed E-state index contributed by atoms with van der Waals surface area (Å²) in [4.78, 5) is 27.6. The number of methoxy groups -OCH3 is 1. The molecule has 1 saturated heterocycles. The summed E-state index contributed by atoms with van der Waals surface area (Å²) >= 11 is 1.56. The molecule has 1 atom stereocenters. The van der Waals surface area contributed by atoms with Gasteiger partial charge in [0.25, 0.3) is 5.91 Å². The summed E-state index contributed by atoms with van der Waals surface area (Å²) in [7, 11) is 5.31. The van der Waals surface area contributed by atoms with Crippen LogP contribution in [0.2, 0.25) is 0 Å². The van der Waals surface area contributed by atoms with Gasteiger partial charge in [0.1, 0.15) is 0 Å². The third-order valence-electron chi connectivity index (χ3n) is 3.71. The average molecular weight is 322 g/mol. The second kappa shape index (κ2) is 7.54. The zero-order valence-electron chi connectivity index (χ0n) is 13.2. The zero-order valence-corrected chi connectivity index (χ0v) is 14.1. The number of carbonyl (C=O) groups excluding carboxylic acids is 2. The van der Waals surface area contributed by atoms with Gasteiger partial charge in [-0.3, -0.25) is 9.59 Å². The molecule has 1 aliphatic heterocycles. The van der Waals surface area contributed by atoms with E-state index in [4.69, 9.17) is 0 Å². The van der Waals surface area contributed by atoms with E-state index in [1.807, 2.05) is 48.2 Å². The molecule has 5 nitrogen and oxygen atoms in total. The number of amides is 1. The molecule has 1 fully saturated rings. The Hall–Kier alpha value is -1.69. The third-order valence-corrected chi connectivity index (χ3v) is 4.96. The van der Waals surface area contributed by atoms with Crippen LogP contribution in [0.15, 0.2) is 24.3 Å². The maximum Gasteiger partial charge on any atom is 0.315 e. The lowest BCUT2D eigenvalue weighted by Crippen LogP contribution is -2.29. The summed E-state index contributed by atoms with van der Waals surface area (Å²) in [6.07, 6.45) is 0.917. The first-order valence-electron chi connectivity index (χ1n) is 7.26. The van der Waals surface area contributed by atoms with Crippen LogP contribution in [-0.2, 0) is 9.53 Å². The molecule has 2 rings (SSSR count). The molecule has 1 aromatic rings. The first-order chi connectivity index (χ1) is 10.5. The fourth-order valence-electron chi connectivity index (χ4n) is 2.39. The summed E-state index contributed by atoms with van der Waals surface area (Å²) in [5.74, 6) is 0.192. The maximum absolute atomic E-state index is 12.6. The minimum absolute atomic E-state index is 0.0601. The van der Waals surface area contributed by atoms with Crippen LogP contribution in [0, 0.1) is 0 Å². The van der Waals surface area contributed by atoms with E-state index in [0.29, 0.717) is 23.1 Å². The summed E-state index contributed by atoms with van der Waals surface area (Å²) in [5.41, 5.74) is 1.73. The largest absolute Gasteiger partial charge is 0.468 e. The van der Waals surface area contributed by atoms with Crippen molar-refractivity contribution in [3.05, 3.63) is 29.8 Å². The van der Waals surface area contributed by atoms with E-state index >= 15 is 0 Å². The van der Waals surface area contributed by atoms with E-state index in [2.05, 4.69) is 4.74 Å². The van der Waals surface area contributed by atoms with E-state index in [-0.39, 0.29) is 11.9 Å². The number of thioether (sulfide) groups is 1. The summed E-state index contributed by atoms with van der Waals surface area (Å²) in [6.45, 7) is 1.43. The van der Waals surface area contributed by atoms with Crippen molar-refractivity contribution in [1.29, 1.82) is 0 Å². The van der Waals surface area contributed by atoms with E-state index in [9.17, 15) is 9.59 Å². The number of anilines is 1. The van der Waals surface area contributed by atoms with Gasteiger partial charge in [0.2, 0.25) is 0 Å². The fourth-order valence-corrected chi connectivity index (χ4v) is 3.44. The molecular weight excluding hydrogens is 300 g/mol. The topological polar surface area (TPSA) is 49.9 Å². The van der Waals surface area contributed by atoms with Crippen LogP contribution >= 0.6 is 11.8 Å². The quantitative estimate of drug-likeness (QED) is 0.775. The highest BCUT2D eigenvalue weighted by Crippen LogP contribution is 2.24. The molecule has 0 aliphatic carbocycles. The van der Waals surface area contributed by atoms with Crippen molar-refractivity contribution >= 4 is 29.3 Å². The predicted molar refractivity (Wildman–Crippen MR) is 89.6 cm³/mol. The molecule has 1 aromatic carbocycles. The number of carbonyl (C=O) groups is 2. The van der Waals surface area contributed by atoms with Gasteiger partial charge in [-0.2, -0.15) is 0 Å². The number of likely N-dealkylation sites (tertiary alicyclic amines) is 1. The van der Waals surface area contributed by atoms with Gasteiger partial charge >= 0.3 is 5.97 Å². The van der Waals surface area contributed by atoms with Gasteiger partial charge in [-0.15, -0.1) is 11.8 Å². The highest BCUT2D eigenvalue weighted by molar-refractivity contribution is 8.00. The number of ether oxygens (including phenoxy) is 1. The Balaban J connectivity index is 1.94. The van der Waals surface area contributed by atoms with Gasteiger partial charge in [0.15, 0.2) is 0 Å². The SMILES string of the molecule is COC(=O)CS[C@H]1CCN(C(=O)c2cccc(N(C)C)c2)C1. The molecule has 0 unspecified atom stereocenters. The Morgan fingerprint density at radius 2 is 2.18 bits per heavy atom. The highest BCUT2D eigenvalue weighted by Gasteiger charge is 2.27. The maximum atomic E-state index is 12.6. The molecule has 0 N–H and O–H groups in total. The lowest BCUT2D eigenvalue weighted by molar-refractivity contribution is -0.137. The van der Waals surface area contributed by atoms with Crippen LogP contribution < -0.4 is 4.90 Å². The Labute approximate surface area is 135 Å². The Bertz CT molecular complexity index is 548. The van der Waals surface area contributed by atoms with E-state index < -0.39 is 0 Å². The summed E-state index contributed by atoms with van der Waals surface area (Å²) in [5, 5.41) is 0.306.